The van der Waals surface area contributed by atoms with Crippen LogP contribution in [0.15, 0.2) is 35.8 Å². The van der Waals surface area contributed by atoms with Gasteiger partial charge >= 0.3 is 0 Å². The molecular weight excluding hydrogens is 397 g/mol. The smallest absolute Gasteiger partial charge is 0.135 e. The van der Waals surface area contributed by atoms with Crippen molar-refractivity contribution in [3.05, 3.63) is 46.4 Å². The lowest BCUT2D eigenvalue weighted by Crippen LogP contribution is -2.48. The van der Waals surface area contributed by atoms with Crippen LogP contribution in [0.3, 0.4) is 0 Å². The van der Waals surface area contributed by atoms with Crippen LogP contribution in [-0.2, 0) is 16.7 Å². The average Bonchev–Trinajstić information content (AvgIpc) is 3.39. The molecule has 0 radical (unpaired) electrons. The summed E-state index contributed by atoms with van der Waals surface area (Å²) < 4.78 is 19.6. The standard InChI is InChI=1S/C24H32FN3OS/c25-19-16-28(17-19)20-6-14-30-21(20)15-26-12-9-23(22-5-1-4-11-27-22)10-13-29-24(18-23)7-2-3-8-24/h1,4-6,11,14,19,26H,2-3,7-10,12-13,15-18H2. The topological polar surface area (TPSA) is 37.4 Å². The molecule has 1 spiro atoms. The summed E-state index contributed by atoms with van der Waals surface area (Å²) in [4.78, 5) is 8.26. The van der Waals surface area contributed by atoms with E-state index in [0.717, 1.165) is 39.0 Å². The number of rotatable bonds is 7. The molecule has 1 N–H and O–H groups in total. The maximum absolute atomic E-state index is 13.3. The summed E-state index contributed by atoms with van der Waals surface area (Å²) in [6.07, 6.45) is 9.44. The first kappa shape index (κ1) is 20.4. The van der Waals surface area contributed by atoms with Crippen molar-refractivity contribution in [3.63, 3.8) is 0 Å². The number of pyridine rings is 1. The van der Waals surface area contributed by atoms with E-state index in [-0.39, 0.29) is 11.0 Å². The number of alkyl halides is 1. The van der Waals surface area contributed by atoms with Gasteiger partial charge in [0.2, 0.25) is 0 Å². The lowest BCUT2D eigenvalue weighted by molar-refractivity contribution is -0.104. The molecule has 4 heterocycles. The molecule has 5 rings (SSSR count). The molecule has 1 saturated carbocycles. The van der Waals surface area contributed by atoms with Crippen molar-refractivity contribution in [2.75, 3.05) is 31.1 Å². The number of hydrogen-bond acceptors (Lipinski definition) is 5. The maximum atomic E-state index is 13.3. The molecule has 0 bridgehead atoms. The minimum Gasteiger partial charge on any atom is -0.375 e. The monoisotopic (exact) mass is 429 g/mol. The highest BCUT2D eigenvalue weighted by Crippen LogP contribution is 2.49. The number of ether oxygens (including phenoxy) is 1. The zero-order valence-corrected chi connectivity index (χ0v) is 18.4. The van der Waals surface area contributed by atoms with E-state index in [9.17, 15) is 4.39 Å². The Hall–Kier alpha value is -1.50. The molecule has 1 unspecified atom stereocenters. The van der Waals surface area contributed by atoms with Gasteiger partial charge in [0.1, 0.15) is 6.17 Å². The highest BCUT2D eigenvalue weighted by Gasteiger charge is 2.48. The first-order valence-electron chi connectivity index (χ1n) is 11.4. The van der Waals surface area contributed by atoms with E-state index < -0.39 is 6.17 Å². The molecule has 1 atom stereocenters. The summed E-state index contributed by atoms with van der Waals surface area (Å²) in [5.41, 5.74) is 2.59. The fourth-order valence-electron chi connectivity index (χ4n) is 5.70. The Kier molecular flexibility index (Phi) is 5.82. The third kappa shape index (κ3) is 4.02. The van der Waals surface area contributed by atoms with E-state index in [4.69, 9.17) is 9.72 Å². The largest absolute Gasteiger partial charge is 0.375 e. The van der Waals surface area contributed by atoms with Gasteiger partial charge in [0.15, 0.2) is 0 Å². The average molecular weight is 430 g/mol. The second-order valence-corrected chi connectivity index (χ2v) is 10.3. The van der Waals surface area contributed by atoms with Crippen molar-refractivity contribution in [1.29, 1.82) is 0 Å². The second-order valence-electron chi connectivity index (χ2n) is 9.32. The number of nitrogens with zero attached hydrogens (tertiary/aromatic N) is 2. The first-order valence-corrected chi connectivity index (χ1v) is 12.3. The molecule has 2 aromatic rings. The number of thiophene rings is 1. The second kappa shape index (κ2) is 8.56. The predicted octanol–water partition coefficient (Wildman–Crippen LogP) is 4.84. The van der Waals surface area contributed by atoms with Crippen molar-refractivity contribution in [2.45, 2.75) is 68.7 Å². The van der Waals surface area contributed by atoms with E-state index in [0.29, 0.717) is 13.1 Å². The summed E-state index contributed by atoms with van der Waals surface area (Å²) in [6, 6.07) is 8.47. The van der Waals surface area contributed by atoms with Gasteiger partial charge in [-0.1, -0.05) is 18.9 Å². The van der Waals surface area contributed by atoms with E-state index in [2.05, 4.69) is 33.8 Å². The molecule has 30 heavy (non-hydrogen) atoms. The zero-order chi connectivity index (χ0) is 20.4. The van der Waals surface area contributed by atoms with Crippen LogP contribution in [-0.4, -0.2) is 43.0 Å². The van der Waals surface area contributed by atoms with Gasteiger partial charge < -0.3 is 15.0 Å². The summed E-state index contributed by atoms with van der Waals surface area (Å²) in [7, 11) is 0. The normalized spacial score (nSPS) is 26.2. The zero-order valence-electron chi connectivity index (χ0n) is 17.6. The third-order valence-corrected chi connectivity index (χ3v) is 8.25. The van der Waals surface area contributed by atoms with Gasteiger partial charge in [0.05, 0.1) is 24.4 Å². The molecule has 0 aromatic carbocycles. The summed E-state index contributed by atoms with van der Waals surface area (Å²) in [5, 5.41) is 5.81. The number of hydrogen-bond donors (Lipinski definition) is 1. The van der Waals surface area contributed by atoms with Gasteiger partial charge in [0.25, 0.3) is 0 Å². The lowest BCUT2D eigenvalue weighted by atomic mass is 9.68. The Morgan fingerprint density at radius 3 is 2.83 bits per heavy atom. The molecule has 2 aliphatic heterocycles. The SMILES string of the molecule is FC1CN(c2ccsc2CNCCC2(c3ccccn3)CCOC3(CCCC3)C2)C1. The predicted molar refractivity (Wildman–Crippen MR) is 120 cm³/mol. The molecule has 162 valence electrons. The maximum Gasteiger partial charge on any atom is 0.135 e. The quantitative estimate of drug-likeness (QED) is 0.639. The van der Waals surface area contributed by atoms with Crippen molar-refractivity contribution in [2.24, 2.45) is 0 Å². The molecule has 3 aliphatic rings. The molecule has 6 heteroatoms. The minimum atomic E-state index is -0.666. The van der Waals surface area contributed by atoms with Crippen molar-refractivity contribution < 1.29 is 9.13 Å². The van der Waals surface area contributed by atoms with Crippen LogP contribution >= 0.6 is 11.3 Å². The Labute approximate surface area is 182 Å². The highest BCUT2D eigenvalue weighted by atomic mass is 32.1. The van der Waals surface area contributed by atoms with E-state index in [1.54, 1.807) is 11.3 Å². The molecule has 0 amide bonds. The van der Waals surface area contributed by atoms with E-state index >= 15 is 0 Å². The van der Waals surface area contributed by atoms with E-state index in [1.807, 2.05) is 12.3 Å². The van der Waals surface area contributed by atoms with Crippen LogP contribution in [0, 0.1) is 0 Å². The first-order chi connectivity index (χ1) is 14.7. The van der Waals surface area contributed by atoms with Gasteiger partial charge in [0, 0.05) is 35.3 Å². The van der Waals surface area contributed by atoms with Crippen LogP contribution in [0.5, 0.6) is 0 Å². The fraction of sp³-hybridized carbons (Fsp3) is 0.625. The van der Waals surface area contributed by atoms with Gasteiger partial charge in [-0.25, -0.2) is 4.39 Å². The molecule has 2 saturated heterocycles. The number of aromatic nitrogens is 1. The van der Waals surface area contributed by atoms with Gasteiger partial charge in [-0.2, -0.15) is 0 Å². The molecule has 4 nitrogen and oxygen atoms in total. The number of halogens is 1. The number of nitrogens with one attached hydrogen (secondary N) is 1. The summed E-state index contributed by atoms with van der Waals surface area (Å²) in [6.45, 7) is 3.71. The van der Waals surface area contributed by atoms with Crippen LogP contribution in [0.4, 0.5) is 10.1 Å². The Balaban J connectivity index is 1.25. The van der Waals surface area contributed by atoms with Gasteiger partial charge in [-0.15, -0.1) is 11.3 Å². The van der Waals surface area contributed by atoms with Crippen molar-refractivity contribution >= 4 is 17.0 Å². The Morgan fingerprint density at radius 2 is 2.07 bits per heavy atom. The molecule has 3 fully saturated rings. The summed E-state index contributed by atoms with van der Waals surface area (Å²) in [5.74, 6) is 0. The molecule has 2 aromatic heterocycles. The van der Waals surface area contributed by atoms with E-state index in [1.165, 1.54) is 41.9 Å². The van der Waals surface area contributed by atoms with Crippen LogP contribution < -0.4 is 10.2 Å². The molecular formula is C24H32FN3OS. The lowest BCUT2D eigenvalue weighted by Gasteiger charge is -2.46. The highest BCUT2D eigenvalue weighted by molar-refractivity contribution is 7.10. The van der Waals surface area contributed by atoms with Crippen molar-refractivity contribution in [1.82, 2.24) is 10.3 Å². The van der Waals surface area contributed by atoms with Crippen LogP contribution in [0.2, 0.25) is 0 Å². The van der Waals surface area contributed by atoms with Gasteiger partial charge in [-0.3, -0.25) is 4.98 Å². The van der Waals surface area contributed by atoms with Crippen LogP contribution in [0.1, 0.15) is 55.5 Å². The molecule has 1 aliphatic carbocycles. The summed E-state index contributed by atoms with van der Waals surface area (Å²) >= 11 is 1.77. The van der Waals surface area contributed by atoms with Gasteiger partial charge in [-0.05, 0) is 62.2 Å². The Bertz CT molecular complexity index is 832. The Morgan fingerprint density at radius 1 is 1.20 bits per heavy atom. The minimum absolute atomic E-state index is 0.0666. The fourth-order valence-corrected chi connectivity index (χ4v) is 6.56. The van der Waals surface area contributed by atoms with Crippen LogP contribution in [0.25, 0.3) is 0 Å². The third-order valence-electron chi connectivity index (χ3n) is 7.34. The number of anilines is 1. The van der Waals surface area contributed by atoms with Crippen molar-refractivity contribution in [3.8, 4) is 0 Å².